The Balaban J connectivity index is 1.44. The van der Waals surface area contributed by atoms with Gasteiger partial charge in [0.1, 0.15) is 5.52 Å². The maximum Gasteiger partial charge on any atom is 0.221 e. The van der Waals surface area contributed by atoms with Crippen LogP contribution < -0.4 is 10.9 Å². The van der Waals surface area contributed by atoms with Crippen molar-refractivity contribution in [2.24, 2.45) is 0 Å². The predicted octanol–water partition coefficient (Wildman–Crippen LogP) is 5.51. The van der Waals surface area contributed by atoms with E-state index in [1.54, 1.807) is 12.1 Å². The minimum absolute atomic E-state index is 0.149. The van der Waals surface area contributed by atoms with Gasteiger partial charge >= 0.3 is 0 Å². The summed E-state index contributed by atoms with van der Waals surface area (Å²) in [5.74, 6) is -0.149. The van der Waals surface area contributed by atoms with Gasteiger partial charge in [0, 0.05) is 34.4 Å². The Morgan fingerprint density at radius 2 is 1.78 bits per heavy atom. The fraction of sp³-hybridized carbons (Fsp3) is 0.0714. The number of imidazole rings is 1. The third kappa shape index (κ3) is 4.07. The van der Waals surface area contributed by atoms with Gasteiger partial charge < -0.3 is 9.88 Å². The summed E-state index contributed by atoms with van der Waals surface area (Å²) in [5, 5.41) is 23.6. The summed E-state index contributed by atoms with van der Waals surface area (Å²) in [5.41, 5.74) is 8.14. The predicted molar refractivity (Wildman–Crippen MR) is 145 cm³/mol. The van der Waals surface area contributed by atoms with Crippen molar-refractivity contribution in [2.45, 2.75) is 13.5 Å². The van der Waals surface area contributed by atoms with Crippen LogP contribution in [0.2, 0.25) is 5.02 Å². The van der Waals surface area contributed by atoms with Gasteiger partial charge in [0.05, 0.1) is 23.1 Å². The van der Waals surface area contributed by atoms with E-state index in [2.05, 4.69) is 20.7 Å². The molecule has 6 aromatic rings. The highest BCUT2D eigenvalue weighted by atomic mass is 35.5. The van der Waals surface area contributed by atoms with Crippen molar-refractivity contribution in [3.8, 4) is 16.8 Å². The fourth-order valence-corrected chi connectivity index (χ4v) is 4.89. The number of anilines is 1. The number of amides is 1. The molecule has 0 saturated heterocycles. The molecule has 2 heterocycles. The number of halogens is 1. The van der Waals surface area contributed by atoms with Crippen LogP contribution in [-0.4, -0.2) is 30.5 Å². The molecule has 0 atom stereocenters. The highest BCUT2D eigenvalue weighted by molar-refractivity contribution is 6.31. The Morgan fingerprint density at radius 1 is 1.00 bits per heavy atom. The van der Waals surface area contributed by atoms with E-state index >= 15 is 0 Å². The number of hydrogen-bond donors (Lipinski definition) is 3. The number of H-pyrrole nitrogens is 1. The number of aromatic amines is 1. The zero-order valence-electron chi connectivity index (χ0n) is 19.9. The molecule has 6 rings (SSSR count). The van der Waals surface area contributed by atoms with Crippen LogP contribution in [0, 0.1) is 5.41 Å². The normalized spacial score (nSPS) is 11.3. The number of carbonyl (C=O) groups is 1. The minimum atomic E-state index is -0.149. The number of benzene rings is 4. The Morgan fingerprint density at radius 3 is 2.57 bits per heavy atom. The molecule has 8 nitrogen and oxygen atoms in total. The van der Waals surface area contributed by atoms with Crippen LogP contribution in [0.1, 0.15) is 12.5 Å². The molecular weight excluding hydrogens is 486 g/mol. The third-order valence-electron chi connectivity index (χ3n) is 6.38. The van der Waals surface area contributed by atoms with Gasteiger partial charge in [-0.1, -0.05) is 53.2 Å². The first-order valence-corrected chi connectivity index (χ1v) is 12.1. The molecule has 0 saturated carbocycles. The van der Waals surface area contributed by atoms with E-state index in [0.29, 0.717) is 22.9 Å². The zero-order valence-corrected chi connectivity index (χ0v) is 20.6. The molecule has 37 heavy (non-hydrogen) atoms. The number of para-hydroxylation sites is 2. The first-order valence-electron chi connectivity index (χ1n) is 11.7. The number of aromatic nitrogens is 5. The van der Waals surface area contributed by atoms with Gasteiger partial charge in [-0.05, 0) is 54.1 Å². The lowest BCUT2D eigenvalue weighted by Gasteiger charge is -2.12. The summed E-state index contributed by atoms with van der Waals surface area (Å²) in [7, 11) is 0. The smallest absolute Gasteiger partial charge is 0.221 e. The lowest BCUT2D eigenvalue weighted by molar-refractivity contribution is -0.114. The average molecular weight is 508 g/mol. The van der Waals surface area contributed by atoms with E-state index in [9.17, 15) is 4.79 Å². The number of nitrogens with one attached hydrogen (secondary N) is 3. The first kappa shape index (κ1) is 22.8. The third-order valence-corrected chi connectivity index (χ3v) is 6.61. The van der Waals surface area contributed by atoms with Crippen molar-refractivity contribution in [3.63, 3.8) is 0 Å². The van der Waals surface area contributed by atoms with Gasteiger partial charge in [-0.3, -0.25) is 19.9 Å². The van der Waals surface area contributed by atoms with Gasteiger partial charge in [0.15, 0.2) is 0 Å². The second-order valence-electron chi connectivity index (χ2n) is 8.78. The molecule has 182 valence electrons. The number of carbonyl (C=O) groups excluding carboxylic acids is 1. The van der Waals surface area contributed by atoms with Crippen molar-refractivity contribution in [1.82, 2.24) is 24.5 Å². The highest BCUT2D eigenvalue weighted by Crippen LogP contribution is 2.32. The first-order chi connectivity index (χ1) is 18.0. The molecule has 2 aromatic heterocycles. The maximum atomic E-state index is 11.7. The quantitative estimate of drug-likeness (QED) is 0.286. The molecule has 0 aliphatic rings. The van der Waals surface area contributed by atoms with Gasteiger partial charge in [-0.25, -0.2) is 0 Å². The van der Waals surface area contributed by atoms with Crippen LogP contribution in [0.15, 0.2) is 84.9 Å². The van der Waals surface area contributed by atoms with Crippen molar-refractivity contribution < 1.29 is 4.79 Å². The van der Waals surface area contributed by atoms with Crippen LogP contribution in [0.25, 0.3) is 38.9 Å². The fourth-order valence-electron chi connectivity index (χ4n) is 4.72. The van der Waals surface area contributed by atoms with Crippen LogP contribution in [0.4, 0.5) is 5.69 Å². The second-order valence-corrected chi connectivity index (χ2v) is 9.21. The number of fused-ring (bicyclic) bond motifs is 2. The monoisotopic (exact) mass is 507 g/mol. The summed E-state index contributed by atoms with van der Waals surface area (Å²) in [6.07, 6.45) is 0. The Bertz CT molecular complexity index is 1850. The van der Waals surface area contributed by atoms with Crippen LogP contribution in [0.3, 0.4) is 0 Å². The van der Waals surface area contributed by atoms with Crippen LogP contribution >= 0.6 is 11.6 Å². The largest absolute Gasteiger partial charge is 0.326 e. The molecule has 0 bridgehead atoms. The molecule has 0 aliphatic carbocycles. The minimum Gasteiger partial charge on any atom is -0.326 e. The van der Waals surface area contributed by atoms with E-state index < -0.39 is 0 Å². The second kappa shape index (κ2) is 9.07. The molecule has 0 spiro atoms. The molecule has 4 aromatic carbocycles. The molecule has 1 amide bonds. The molecule has 9 heteroatoms. The van der Waals surface area contributed by atoms with Gasteiger partial charge in [-0.15, -0.1) is 5.10 Å². The Labute approximate surface area is 216 Å². The topological polar surface area (TPSA) is 104 Å². The molecule has 3 N–H and O–H groups in total. The molecule has 0 radical (unpaired) electrons. The molecule has 0 fully saturated rings. The molecule has 0 unspecified atom stereocenters. The summed E-state index contributed by atoms with van der Waals surface area (Å²) in [6, 6.07) is 27.2. The zero-order chi connectivity index (χ0) is 25.5. The number of rotatable bonds is 5. The maximum absolute atomic E-state index is 11.7. The Kier molecular flexibility index (Phi) is 5.58. The molecular formula is C28H22ClN7O. The van der Waals surface area contributed by atoms with Crippen molar-refractivity contribution in [2.75, 3.05) is 5.32 Å². The van der Waals surface area contributed by atoms with Gasteiger partial charge in [-0.2, -0.15) is 0 Å². The van der Waals surface area contributed by atoms with Gasteiger partial charge in [0.2, 0.25) is 11.5 Å². The standard InChI is InChI=1S/C28H22ClN7O/c1-17(37)31-23-14-11-20(29)15-22(23)18-9-12-21(13-10-18)36-26-8-3-2-7-25(26)35(28(36)30)16-19-5-4-6-24-27(19)33-34-32-24/h2-15,30H,16H2,1H3,(H,31,37)(H,32,33,34). The van der Waals surface area contributed by atoms with E-state index in [1.165, 1.54) is 6.92 Å². The number of hydrogen-bond acceptors (Lipinski definition) is 4. The summed E-state index contributed by atoms with van der Waals surface area (Å²) >= 11 is 6.26. The van der Waals surface area contributed by atoms with E-state index in [1.807, 2.05) is 81.9 Å². The van der Waals surface area contributed by atoms with E-state index in [0.717, 1.165) is 44.4 Å². The van der Waals surface area contributed by atoms with Crippen LogP contribution in [0.5, 0.6) is 0 Å². The van der Waals surface area contributed by atoms with Crippen molar-refractivity contribution in [3.05, 3.63) is 101 Å². The molecule has 0 aliphatic heterocycles. The van der Waals surface area contributed by atoms with Crippen molar-refractivity contribution in [1.29, 1.82) is 5.41 Å². The van der Waals surface area contributed by atoms with E-state index in [-0.39, 0.29) is 5.91 Å². The highest BCUT2D eigenvalue weighted by Gasteiger charge is 2.15. The summed E-state index contributed by atoms with van der Waals surface area (Å²) in [6.45, 7) is 1.96. The lowest BCUT2D eigenvalue weighted by Crippen LogP contribution is -2.24. The SMILES string of the molecule is CC(=O)Nc1ccc(Cl)cc1-c1ccc(-n2c(=N)n(Cc3cccc4[nH]nnc34)c3ccccc32)cc1. The van der Waals surface area contributed by atoms with Gasteiger partial charge in [0.25, 0.3) is 0 Å². The summed E-state index contributed by atoms with van der Waals surface area (Å²) in [4.78, 5) is 11.7. The number of nitrogens with zero attached hydrogens (tertiary/aromatic N) is 4. The van der Waals surface area contributed by atoms with Crippen molar-refractivity contribution >= 4 is 45.3 Å². The lowest BCUT2D eigenvalue weighted by atomic mass is 10.0. The summed E-state index contributed by atoms with van der Waals surface area (Å²) < 4.78 is 3.90. The van der Waals surface area contributed by atoms with Crippen LogP contribution in [-0.2, 0) is 11.3 Å². The Hall–Kier alpha value is -4.69. The average Bonchev–Trinajstić information content (AvgIpc) is 3.49. The van der Waals surface area contributed by atoms with E-state index in [4.69, 9.17) is 17.0 Å².